The van der Waals surface area contributed by atoms with Crippen LogP contribution < -0.4 is 0 Å². The van der Waals surface area contributed by atoms with E-state index in [1.807, 2.05) is 0 Å². The van der Waals surface area contributed by atoms with Gasteiger partial charge in [0, 0.05) is 0 Å². The molecule has 9 heavy (non-hydrogen) atoms. The molecular weight excluding hydrogens is 134 g/mol. The molecule has 4 heteroatoms. The van der Waals surface area contributed by atoms with Crippen molar-refractivity contribution in [1.29, 1.82) is 0 Å². The molecule has 0 aromatic heterocycles. The summed E-state index contributed by atoms with van der Waals surface area (Å²) in [6, 6.07) is 0.690. The first-order valence-electron chi connectivity index (χ1n) is 2.80. The van der Waals surface area contributed by atoms with Crippen LogP contribution in [0.1, 0.15) is 6.42 Å². The highest BCUT2D eigenvalue weighted by Gasteiger charge is 1.93. The zero-order valence-corrected chi connectivity index (χ0v) is 6.39. The topological polar surface area (TPSA) is 46.5 Å². The van der Waals surface area contributed by atoms with Gasteiger partial charge in [0.2, 0.25) is 6.08 Å². The Balaban J connectivity index is 3.10. The lowest BCUT2D eigenvalue weighted by molar-refractivity contribution is 0.558. The van der Waals surface area contributed by atoms with Crippen molar-refractivity contribution >= 4 is 14.8 Å². The Morgan fingerprint density at radius 1 is 1.67 bits per heavy atom. The molecule has 0 unspecified atom stereocenters. The van der Waals surface area contributed by atoms with E-state index < -0.39 is 8.68 Å². The first-order valence-corrected chi connectivity index (χ1v) is 4.92. The van der Waals surface area contributed by atoms with E-state index in [1.54, 1.807) is 6.55 Å². The van der Waals surface area contributed by atoms with Crippen LogP contribution in [0.5, 0.6) is 0 Å². The van der Waals surface area contributed by atoms with Gasteiger partial charge in [0.25, 0.3) is 8.68 Å². The first-order chi connectivity index (χ1) is 4.27. The Kier molecular flexibility index (Phi) is 5.16. The van der Waals surface area contributed by atoms with Gasteiger partial charge in [0.1, 0.15) is 0 Å². The smallest absolute Gasteiger partial charge is 0.273 e. The molecule has 0 heterocycles. The maximum atomic E-state index is 10.5. The molecule has 0 aromatic carbocycles. The fourth-order valence-corrected chi connectivity index (χ4v) is 1.11. The Bertz CT molecular complexity index is 138. The minimum Gasteiger partial charge on any atom is -0.389 e. The highest BCUT2D eigenvalue weighted by Crippen LogP contribution is 1.89. The van der Waals surface area contributed by atoms with E-state index in [0.29, 0.717) is 12.6 Å². The van der Waals surface area contributed by atoms with Crippen molar-refractivity contribution in [2.45, 2.75) is 19.0 Å². The van der Waals surface area contributed by atoms with Crippen molar-refractivity contribution in [2.75, 3.05) is 6.54 Å². The van der Waals surface area contributed by atoms with Crippen LogP contribution in [0.25, 0.3) is 0 Å². The zero-order chi connectivity index (χ0) is 7.11. The van der Waals surface area contributed by atoms with Gasteiger partial charge in [-0.2, -0.15) is 0 Å². The molecule has 0 spiro atoms. The standard InChI is InChI=1S/C5H9NO2Si/c1-9(8)4-2-3-6-5-7/h2-4H2,1H3. The second-order valence-electron chi connectivity index (χ2n) is 1.78. The summed E-state index contributed by atoms with van der Waals surface area (Å²) in [5, 5.41) is 0. The highest BCUT2D eigenvalue weighted by molar-refractivity contribution is 6.40. The van der Waals surface area contributed by atoms with E-state index in [4.69, 9.17) is 0 Å². The summed E-state index contributed by atoms with van der Waals surface area (Å²) < 4.78 is 10.5. The summed E-state index contributed by atoms with van der Waals surface area (Å²) in [5.74, 6) is 0. The third kappa shape index (κ3) is 7.40. The molecule has 0 aliphatic carbocycles. The van der Waals surface area contributed by atoms with Gasteiger partial charge < -0.3 is 4.46 Å². The lowest BCUT2D eigenvalue weighted by atomic mass is 10.5. The minimum absolute atomic E-state index is 0.466. The SMILES string of the molecule is C[Si](=O)CCCN=C=O. The molecule has 3 nitrogen and oxygen atoms in total. The molecule has 0 bridgehead atoms. The van der Waals surface area contributed by atoms with Crippen LogP contribution in [0.15, 0.2) is 4.99 Å². The van der Waals surface area contributed by atoms with Crippen LogP contribution in [0.4, 0.5) is 0 Å². The number of carbonyl (C=O) groups excluding carboxylic acids is 1. The van der Waals surface area contributed by atoms with Gasteiger partial charge in [0.15, 0.2) is 0 Å². The first kappa shape index (κ1) is 8.40. The molecule has 50 valence electrons. The number of rotatable bonds is 4. The van der Waals surface area contributed by atoms with Gasteiger partial charge in [-0.1, -0.05) is 0 Å². The maximum absolute atomic E-state index is 10.5. The average molecular weight is 143 g/mol. The van der Waals surface area contributed by atoms with E-state index in [1.165, 1.54) is 6.08 Å². The van der Waals surface area contributed by atoms with Crippen LogP contribution in [-0.4, -0.2) is 21.3 Å². The van der Waals surface area contributed by atoms with Gasteiger partial charge >= 0.3 is 0 Å². The molecule has 0 fully saturated rings. The molecule has 0 saturated carbocycles. The fraction of sp³-hybridized carbons (Fsp3) is 0.800. The normalized spacial score (nSPS) is 8.11. The molecule has 0 aliphatic rings. The van der Waals surface area contributed by atoms with Crippen molar-refractivity contribution in [3.63, 3.8) is 0 Å². The predicted octanol–water partition coefficient (Wildman–Crippen LogP) is 0.764. The summed E-state index contributed by atoms with van der Waals surface area (Å²) in [7, 11) is -1.35. The van der Waals surface area contributed by atoms with Gasteiger partial charge in [-0.25, -0.2) is 9.79 Å². The summed E-state index contributed by atoms with van der Waals surface area (Å²) >= 11 is 0. The van der Waals surface area contributed by atoms with Gasteiger partial charge in [-0.15, -0.1) is 0 Å². The molecule has 0 aromatic rings. The predicted molar refractivity (Wildman–Crippen MR) is 34.7 cm³/mol. The minimum atomic E-state index is -1.35. The average Bonchev–Trinajstić information content (AvgIpc) is 1.80. The molecule has 0 atom stereocenters. The Morgan fingerprint density at radius 3 is 2.78 bits per heavy atom. The highest BCUT2D eigenvalue weighted by atomic mass is 28.3. The van der Waals surface area contributed by atoms with Crippen molar-refractivity contribution in [2.24, 2.45) is 4.99 Å². The van der Waals surface area contributed by atoms with Crippen molar-refractivity contribution < 1.29 is 9.26 Å². The van der Waals surface area contributed by atoms with Crippen molar-refractivity contribution in [1.82, 2.24) is 0 Å². The van der Waals surface area contributed by atoms with Crippen LogP contribution in [0.2, 0.25) is 12.6 Å². The van der Waals surface area contributed by atoms with E-state index >= 15 is 0 Å². The number of hydrogen-bond donors (Lipinski definition) is 0. The summed E-state index contributed by atoms with van der Waals surface area (Å²) in [6.45, 7) is 2.17. The molecule has 0 amide bonds. The molecule has 0 aliphatic heterocycles. The van der Waals surface area contributed by atoms with Crippen LogP contribution in [0, 0.1) is 0 Å². The van der Waals surface area contributed by atoms with Gasteiger partial charge in [0.05, 0.1) is 6.54 Å². The van der Waals surface area contributed by atoms with E-state index in [-0.39, 0.29) is 0 Å². The van der Waals surface area contributed by atoms with Crippen LogP contribution >= 0.6 is 0 Å². The second kappa shape index (κ2) is 5.53. The number of nitrogens with zero attached hydrogens (tertiary/aromatic N) is 1. The molecular formula is C5H9NO2Si. The van der Waals surface area contributed by atoms with Crippen molar-refractivity contribution in [3.05, 3.63) is 0 Å². The van der Waals surface area contributed by atoms with Crippen molar-refractivity contribution in [3.8, 4) is 0 Å². The maximum Gasteiger partial charge on any atom is 0.273 e. The van der Waals surface area contributed by atoms with Crippen LogP contribution in [0.3, 0.4) is 0 Å². The number of aliphatic imine (C=N–C) groups is 1. The number of hydrogen-bond acceptors (Lipinski definition) is 3. The Hall–Kier alpha value is -0.603. The zero-order valence-electron chi connectivity index (χ0n) is 5.39. The molecule has 0 N–H and O–H groups in total. The lowest BCUT2D eigenvalue weighted by Gasteiger charge is -1.85. The summed E-state index contributed by atoms with van der Waals surface area (Å²) in [4.78, 5) is 12.8. The Labute approximate surface area is 55.5 Å². The lowest BCUT2D eigenvalue weighted by Crippen LogP contribution is -1.91. The third-order valence-electron chi connectivity index (χ3n) is 0.863. The second-order valence-corrected chi connectivity index (χ2v) is 3.68. The van der Waals surface area contributed by atoms with E-state index in [2.05, 4.69) is 4.99 Å². The Morgan fingerprint density at radius 2 is 2.33 bits per heavy atom. The number of isocyanates is 1. The van der Waals surface area contributed by atoms with Gasteiger partial charge in [-0.05, 0) is 19.0 Å². The van der Waals surface area contributed by atoms with E-state index in [0.717, 1.165) is 6.42 Å². The van der Waals surface area contributed by atoms with Crippen LogP contribution in [-0.2, 0) is 9.26 Å². The largest absolute Gasteiger partial charge is 0.389 e. The summed E-state index contributed by atoms with van der Waals surface area (Å²) in [6.07, 6.45) is 2.17. The molecule has 0 saturated heterocycles. The van der Waals surface area contributed by atoms with E-state index in [9.17, 15) is 9.26 Å². The monoisotopic (exact) mass is 143 g/mol. The molecule has 0 rings (SSSR count). The summed E-state index contributed by atoms with van der Waals surface area (Å²) in [5.41, 5.74) is 0. The molecule has 0 radical (unpaired) electrons. The third-order valence-corrected chi connectivity index (χ3v) is 1.92. The van der Waals surface area contributed by atoms with Gasteiger partial charge in [-0.3, -0.25) is 0 Å². The quantitative estimate of drug-likeness (QED) is 0.252. The fourth-order valence-electron chi connectivity index (χ4n) is 0.453.